The topological polar surface area (TPSA) is 19.4 Å². The van der Waals surface area contributed by atoms with Crippen molar-refractivity contribution < 1.29 is 0 Å². The van der Waals surface area contributed by atoms with Gasteiger partial charge in [0.2, 0.25) is 0 Å². The number of hydrogen-bond donors (Lipinski definition) is 0. The van der Waals surface area contributed by atoms with Crippen LogP contribution in [0, 0.1) is 0 Å². The van der Waals surface area contributed by atoms with Crippen molar-refractivity contribution in [3.05, 3.63) is 45.2 Å². The first-order chi connectivity index (χ1) is 9.31. The second-order valence-electron chi connectivity index (χ2n) is 4.68. The lowest BCUT2D eigenvalue weighted by Crippen LogP contribution is -2.46. The molecule has 0 radical (unpaired) electrons. The van der Waals surface area contributed by atoms with Crippen LogP contribution in [-0.2, 0) is 6.54 Å². The van der Waals surface area contributed by atoms with E-state index in [9.17, 15) is 0 Å². The second-order valence-corrected chi connectivity index (χ2v) is 6.59. The van der Waals surface area contributed by atoms with Crippen molar-refractivity contribution in [1.82, 2.24) is 9.88 Å². The molecule has 100 valence electrons. The number of thiophene rings is 1. The first-order valence-corrected chi connectivity index (χ1v) is 8.10. The van der Waals surface area contributed by atoms with Crippen LogP contribution in [0.2, 0.25) is 0 Å². The highest BCUT2D eigenvalue weighted by atomic mass is 79.9. The van der Waals surface area contributed by atoms with E-state index in [2.05, 4.69) is 54.3 Å². The summed E-state index contributed by atoms with van der Waals surface area (Å²) in [5.41, 5.74) is 0. The van der Waals surface area contributed by atoms with E-state index in [1.165, 1.54) is 9.35 Å². The zero-order chi connectivity index (χ0) is 13.1. The molecule has 2 aromatic rings. The van der Waals surface area contributed by atoms with Crippen LogP contribution >= 0.6 is 27.3 Å². The molecule has 1 fully saturated rings. The zero-order valence-electron chi connectivity index (χ0n) is 10.6. The number of hydrogen-bond acceptors (Lipinski definition) is 4. The number of rotatable bonds is 3. The zero-order valence-corrected chi connectivity index (χ0v) is 13.0. The van der Waals surface area contributed by atoms with Crippen molar-refractivity contribution in [1.29, 1.82) is 0 Å². The Bertz CT molecular complexity index is 520. The third-order valence-electron chi connectivity index (χ3n) is 3.35. The number of pyridine rings is 1. The van der Waals surface area contributed by atoms with Gasteiger partial charge in [0.25, 0.3) is 0 Å². The predicted octanol–water partition coefficient (Wildman–Crippen LogP) is 3.23. The van der Waals surface area contributed by atoms with Crippen LogP contribution in [-0.4, -0.2) is 36.1 Å². The third kappa shape index (κ3) is 3.35. The Morgan fingerprint density at radius 1 is 1.21 bits per heavy atom. The maximum Gasteiger partial charge on any atom is 0.128 e. The van der Waals surface area contributed by atoms with Crippen LogP contribution in [0.4, 0.5) is 5.82 Å². The summed E-state index contributed by atoms with van der Waals surface area (Å²) >= 11 is 5.34. The van der Waals surface area contributed by atoms with Gasteiger partial charge in [-0.25, -0.2) is 4.98 Å². The van der Waals surface area contributed by atoms with Gasteiger partial charge in [0, 0.05) is 53.7 Å². The van der Waals surface area contributed by atoms with Gasteiger partial charge in [-0.2, -0.15) is 0 Å². The molecule has 3 rings (SSSR count). The summed E-state index contributed by atoms with van der Waals surface area (Å²) in [4.78, 5) is 10.7. The summed E-state index contributed by atoms with van der Waals surface area (Å²) in [7, 11) is 0. The molecule has 1 saturated heterocycles. The Hall–Kier alpha value is -0.910. The monoisotopic (exact) mass is 337 g/mol. The number of piperazine rings is 1. The lowest BCUT2D eigenvalue weighted by Gasteiger charge is -2.35. The van der Waals surface area contributed by atoms with Crippen LogP contribution in [0.25, 0.3) is 0 Å². The molecule has 0 amide bonds. The van der Waals surface area contributed by atoms with E-state index in [1.54, 1.807) is 0 Å². The molecule has 1 aliphatic heterocycles. The van der Waals surface area contributed by atoms with E-state index in [0.29, 0.717) is 0 Å². The van der Waals surface area contributed by atoms with Crippen molar-refractivity contribution in [2.75, 3.05) is 31.1 Å². The molecule has 0 aliphatic carbocycles. The van der Waals surface area contributed by atoms with Crippen LogP contribution in [0.1, 0.15) is 4.88 Å². The van der Waals surface area contributed by atoms with Crippen LogP contribution in [0.3, 0.4) is 0 Å². The predicted molar refractivity (Wildman–Crippen MR) is 83.7 cm³/mol. The molecule has 0 atom stereocenters. The Morgan fingerprint density at radius 2 is 2.05 bits per heavy atom. The van der Waals surface area contributed by atoms with E-state index in [0.717, 1.165) is 38.5 Å². The molecular weight excluding hydrogens is 322 g/mol. The molecule has 1 aliphatic rings. The average molecular weight is 338 g/mol. The summed E-state index contributed by atoms with van der Waals surface area (Å²) in [6, 6.07) is 8.33. The highest BCUT2D eigenvalue weighted by Crippen LogP contribution is 2.22. The molecule has 5 heteroatoms. The van der Waals surface area contributed by atoms with E-state index >= 15 is 0 Å². The van der Waals surface area contributed by atoms with Crippen molar-refractivity contribution >= 4 is 33.1 Å². The van der Waals surface area contributed by atoms with Gasteiger partial charge < -0.3 is 4.90 Å². The summed E-state index contributed by atoms with van der Waals surface area (Å²) in [5, 5.41) is 2.15. The standard InChI is InChI=1S/C14H16BrN3S/c15-12-9-13(19-11-12)10-17-5-7-18(8-6-17)14-3-1-2-4-16-14/h1-4,9,11H,5-8,10H2. The molecule has 0 bridgehead atoms. The maximum atomic E-state index is 4.42. The van der Waals surface area contributed by atoms with Crippen molar-refractivity contribution in [2.24, 2.45) is 0 Å². The lowest BCUT2D eigenvalue weighted by atomic mass is 10.3. The van der Waals surface area contributed by atoms with E-state index in [-0.39, 0.29) is 0 Å². The minimum atomic E-state index is 1.06. The first kappa shape index (κ1) is 13.1. The lowest BCUT2D eigenvalue weighted by molar-refractivity contribution is 0.251. The molecule has 0 unspecified atom stereocenters. The molecule has 2 aromatic heterocycles. The van der Waals surface area contributed by atoms with Gasteiger partial charge in [0.15, 0.2) is 0 Å². The molecule has 3 heterocycles. The Kier molecular flexibility index (Phi) is 4.15. The van der Waals surface area contributed by atoms with Gasteiger partial charge in [-0.1, -0.05) is 6.07 Å². The van der Waals surface area contributed by atoms with E-state index in [4.69, 9.17) is 0 Å². The van der Waals surface area contributed by atoms with E-state index in [1.807, 2.05) is 23.6 Å². The number of anilines is 1. The highest BCUT2D eigenvalue weighted by molar-refractivity contribution is 9.10. The maximum absolute atomic E-state index is 4.42. The molecule has 0 aromatic carbocycles. The van der Waals surface area contributed by atoms with Crippen LogP contribution in [0.5, 0.6) is 0 Å². The quantitative estimate of drug-likeness (QED) is 0.857. The number of halogens is 1. The summed E-state index contributed by atoms with van der Waals surface area (Å²) in [6.07, 6.45) is 1.87. The largest absolute Gasteiger partial charge is 0.354 e. The smallest absolute Gasteiger partial charge is 0.128 e. The summed E-state index contributed by atoms with van der Waals surface area (Å²) in [5.74, 6) is 1.10. The van der Waals surface area contributed by atoms with Gasteiger partial charge in [-0.15, -0.1) is 11.3 Å². The van der Waals surface area contributed by atoms with Crippen molar-refractivity contribution in [2.45, 2.75) is 6.54 Å². The third-order valence-corrected chi connectivity index (χ3v) is 5.03. The number of nitrogens with zero attached hydrogens (tertiary/aromatic N) is 3. The Balaban J connectivity index is 1.55. The minimum absolute atomic E-state index is 1.06. The molecule has 3 nitrogen and oxygen atoms in total. The van der Waals surface area contributed by atoms with Gasteiger partial charge >= 0.3 is 0 Å². The van der Waals surface area contributed by atoms with Gasteiger partial charge in [-0.3, -0.25) is 4.90 Å². The average Bonchev–Trinajstić information content (AvgIpc) is 2.86. The second kappa shape index (κ2) is 6.03. The fraction of sp³-hybridized carbons (Fsp3) is 0.357. The Labute approximate surface area is 126 Å². The molecule has 0 N–H and O–H groups in total. The number of aromatic nitrogens is 1. The van der Waals surface area contributed by atoms with Gasteiger partial charge in [0.05, 0.1) is 0 Å². The van der Waals surface area contributed by atoms with Crippen LogP contribution < -0.4 is 4.90 Å². The van der Waals surface area contributed by atoms with Crippen LogP contribution in [0.15, 0.2) is 40.3 Å². The van der Waals surface area contributed by atoms with Gasteiger partial charge in [0.1, 0.15) is 5.82 Å². The highest BCUT2D eigenvalue weighted by Gasteiger charge is 2.18. The van der Waals surface area contributed by atoms with Gasteiger partial charge in [-0.05, 0) is 34.1 Å². The Morgan fingerprint density at radius 3 is 2.68 bits per heavy atom. The van der Waals surface area contributed by atoms with E-state index < -0.39 is 0 Å². The summed E-state index contributed by atoms with van der Waals surface area (Å²) < 4.78 is 1.19. The fourth-order valence-corrected chi connectivity index (χ4v) is 3.83. The SMILES string of the molecule is Brc1csc(CN2CCN(c3ccccn3)CC2)c1. The molecule has 19 heavy (non-hydrogen) atoms. The molecular formula is C14H16BrN3S. The fourth-order valence-electron chi connectivity index (χ4n) is 2.33. The molecule has 0 spiro atoms. The minimum Gasteiger partial charge on any atom is -0.354 e. The van der Waals surface area contributed by atoms with Crippen molar-refractivity contribution in [3.8, 4) is 0 Å². The van der Waals surface area contributed by atoms with Crippen molar-refractivity contribution in [3.63, 3.8) is 0 Å². The first-order valence-electron chi connectivity index (χ1n) is 6.42. The molecule has 0 saturated carbocycles. The normalized spacial score (nSPS) is 16.8. The summed E-state index contributed by atoms with van der Waals surface area (Å²) in [6.45, 7) is 5.39.